The summed E-state index contributed by atoms with van der Waals surface area (Å²) in [5.41, 5.74) is 2.33. The molecule has 130 valence electrons. The van der Waals surface area contributed by atoms with Gasteiger partial charge in [0.2, 0.25) is 0 Å². The van der Waals surface area contributed by atoms with E-state index in [1.807, 2.05) is 0 Å². The number of nitrogens with zero attached hydrogens (tertiary/aromatic N) is 2. The highest BCUT2D eigenvalue weighted by molar-refractivity contribution is 7.10. The molecule has 2 aliphatic rings. The number of hydrogen-bond acceptors (Lipinski definition) is 5. The van der Waals surface area contributed by atoms with Crippen molar-refractivity contribution in [3.05, 3.63) is 79.7 Å². The number of benzene rings is 1. The first-order valence-electron chi connectivity index (χ1n) is 8.53. The van der Waals surface area contributed by atoms with Crippen molar-refractivity contribution < 1.29 is 9.59 Å². The van der Waals surface area contributed by atoms with Crippen molar-refractivity contribution >= 4 is 34.5 Å². The van der Waals surface area contributed by atoms with Crippen LogP contribution in [0.2, 0.25) is 0 Å². The van der Waals surface area contributed by atoms with E-state index in [9.17, 15) is 9.59 Å². The van der Waals surface area contributed by atoms with Crippen LogP contribution in [0.25, 0.3) is 0 Å². The molecule has 4 heterocycles. The average Bonchev–Trinajstić information content (AvgIpc) is 3.39. The van der Waals surface area contributed by atoms with Gasteiger partial charge in [0.1, 0.15) is 0 Å². The van der Waals surface area contributed by atoms with Crippen LogP contribution in [0.4, 0.5) is 0 Å². The Bertz CT molecular complexity index is 958. The van der Waals surface area contributed by atoms with E-state index in [0.29, 0.717) is 17.8 Å². The number of fused-ring (bicyclic) bond motifs is 2. The highest BCUT2D eigenvalue weighted by Crippen LogP contribution is 2.40. The Morgan fingerprint density at radius 3 is 2.38 bits per heavy atom. The smallest absolute Gasteiger partial charge is 0.262 e. The van der Waals surface area contributed by atoms with E-state index < -0.39 is 0 Å². The molecule has 0 spiro atoms. The molecule has 6 heteroatoms. The highest BCUT2D eigenvalue weighted by Gasteiger charge is 2.39. The first-order valence-corrected chi connectivity index (χ1v) is 10.3. The number of rotatable bonds is 3. The van der Waals surface area contributed by atoms with Gasteiger partial charge in [-0.1, -0.05) is 18.2 Å². The summed E-state index contributed by atoms with van der Waals surface area (Å²) in [4.78, 5) is 31.8. The molecule has 2 aromatic heterocycles. The zero-order chi connectivity index (χ0) is 17.7. The normalized spacial score (nSPS) is 19.7. The number of thiophene rings is 2. The van der Waals surface area contributed by atoms with Gasteiger partial charge in [-0.15, -0.1) is 22.7 Å². The first-order chi connectivity index (χ1) is 12.7. The molecule has 0 bridgehead atoms. The second kappa shape index (κ2) is 6.16. The van der Waals surface area contributed by atoms with Crippen molar-refractivity contribution in [2.24, 2.45) is 0 Å². The molecule has 0 fully saturated rings. The highest BCUT2D eigenvalue weighted by atomic mass is 32.1. The molecule has 3 aromatic rings. The molecule has 0 saturated heterocycles. The van der Waals surface area contributed by atoms with Gasteiger partial charge < -0.3 is 0 Å². The van der Waals surface area contributed by atoms with Crippen LogP contribution in [0, 0.1) is 0 Å². The van der Waals surface area contributed by atoms with E-state index >= 15 is 0 Å². The topological polar surface area (TPSA) is 40.6 Å². The number of amides is 2. The lowest BCUT2D eigenvalue weighted by atomic mass is 9.99. The Morgan fingerprint density at radius 1 is 0.923 bits per heavy atom. The Labute approximate surface area is 159 Å². The second-order valence-corrected chi connectivity index (χ2v) is 8.48. The third-order valence-corrected chi connectivity index (χ3v) is 7.00. The van der Waals surface area contributed by atoms with Gasteiger partial charge in [-0.3, -0.25) is 19.4 Å². The fourth-order valence-electron chi connectivity index (χ4n) is 3.85. The van der Waals surface area contributed by atoms with Gasteiger partial charge >= 0.3 is 0 Å². The van der Waals surface area contributed by atoms with Crippen LogP contribution in [0.3, 0.4) is 0 Å². The summed E-state index contributed by atoms with van der Waals surface area (Å²) in [5.74, 6) is -0.377. The fourth-order valence-corrected chi connectivity index (χ4v) is 5.63. The molecule has 0 aliphatic carbocycles. The van der Waals surface area contributed by atoms with Crippen LogP contribution in [0.5, 0.6) is 0 Å². The molecule has 1 aromatic carbocycles. The third kappa shape index (κ3) is 2.37. The molecular formula is C20H16N2O2S2. The lowest BCUT2D eigenvalue weighted by Crippen LogP contribution is -2.45. The van der Waals surface area contributed by atoms with Crippen molar-refractivity contribution in [2.45, 2.75) is 12.5 Å². The monoisotopic (exact) mass is 380 g/mol. The molecule has 0 N–H and O–H groups in total. The maximum atomic E-state index is 12.8. The summed E-state index contributed by atoms with van der Waals surface area (Å²) in [6.45, 7) is 1.16. The quantitative estimate of drug-likeness (QED) is 0.645. The third-order valence-electron chi connectivity index (χ3n) is 5.08. The van der Waals surface area contributed by atoms with Crippen molar-refractivity contribution in [1.82, 2.24) is 9.80 Å². The Kier molecular flexibility index (Phi) is 3.77. The lowest BCUT2D eigenvalue weighted by molar-refractivity contribution is 0.0498. The predicted molar refractivity (Wildman–Crippen MR) is 103 cm³/mol. The second-order valence-electron chi connectivity index (χ2n) is 6.50. The van der Waals surface area contributed by atoms with Gasteiger partial charge in [0.25, 0.3) is 11.8 Å². The standard InChI is InChI=1S/C20H16N2O2S2/c23-19-13-4-1-2-5-14(13)20(24)22(19)12-21-9-7-16-15(8-11-26-16)18(21)17-6-3-10-25-17/h1-6,8,10-11,18H,7,9,12H2. The van der Waals surface area contributed by atoms with Gasteiger partial charge in [-0.25, -0.2) is 0 Å². The summed E-state index contributed by atoms with van der Waals surface area (Å²) >= 11 is 3.51. The Hall–Kier alpha value is -2.28. The van der Waals surface area contributed by atoms with Gasteiger partial charge in [0.15, 0.2) is 0 Å². The minimum atomic E-state index is -0.188. The van der Waals surface area contributed by atoms with E-state index in [1.165, 1.54) is 20.2 Å². The minimum Gasteiger partial charge on any atom is -0.273 e. The molecule has 1 unspecified atom stereocenters. The molecule has 26 heavy (non-hydrogen) atoms. The predicted octanol–water partition coefficient (Wildman–Crippen LogP) is 4.01. The summed E-state index contributed by atoms with van der Waals surface area (Å²) < 4.78 is 0. The fraction of sp³-hybridized carbons (Fsp3) is 0.200. The van der Waals surface area contributed by atoms with Crippen LogP contribution in [-0.2, 0) is 6.42 Å². The van der Waals surface area contributed by atoms with E-state index in [-0.39, 0.29) is 17.9 Å². The van der Waals surface area contributed by atoms with Crippen molar-refractivity contribution in [1.29, 1.82) is 0 Å². The van der Waals surface area contributed by atoms with Crippen molar-refractivity contribution in [2.75, 3.05) is 13.2 Å². The lowest BCUT2D eigenvalue weighted by Gasteiger charge is -2.37. The van der Waals surface area contributed by atoms with E-state index in [1.54, 1.807) is 46.9 Å². The molecule has 5 rings (SSSR count). The SMILES string of the molecule is O=C1c2ccccc2C(=O)N1CN1CCc2sccc2C1c1cccs1. The van der Waals surface area contributed by atoms with Crippen molar-refractivity contribution in [3.8, 4) is 0 Å². The molecule has 4 nitrogen and oxygen atoms in total. The summed E-state index contributed by atoms with van der Waals surface area (Å²) in [5, 5.41) is 4.22. The molecule has 1 atom stereocenters. The largest absolute Gasteiger partial charge is 0.273 e. The van der Waals surface area contributed by atoms with Crippen LogP contribution >= 0.6 is 22.7 Å². The van der Waals surface area contributed by atoms with Gasteiger partial charge in [-0.2, -0.15) is 0 Å². The zero-order valence-electron chi connectivity index (χ0n) is 13.9. The van der Waals surface area contributed by atoms with E-state index in [2.05, 4.69) is 33.9 Å². The molecular weight excluding hydrogens is 364 g/mol. The van der Waals surface area contributed by atoms with Gasteiger partial charge in [-0.05, 0) is 47.0 Å². The van der Waals surface area contributed by atoms with Crippen LogP contribution < -0.4 is 0 Å². The van der Waals surface area contributed by atoms with Crippen LogP contribution in [-0.4, -0.2) is 34.8 Å². The number of carbonyl (C=O) groups excluding carboxylic acids is 2. The molecule has 0 saturated carbocycles. The average molecular weight is 380 g/mol. The maximum Gasteiger partial charge on any atom is 0.262 e. The molecule has 2 aliphatic heterocycles. The maximum absolute atomic E-state index is 12.8. The molecule has 0 radical (unpaired) electrons. The minimum absolute atomic E-state index is 0.106. The first kappa shape index (κ1) is 15.9. The van der Waals surface area contributed by atoms with Crippen molar-refractivity contribution in [3.63, 3.8) is 0 Å². The summed E-state index contributed by atoms with van der Waals surface area (Å²) in [6, 6.07) is 13.6. The van der Waals surface area contributed by atoms with E-state index in [0.717, 1.165) is 13.0 Å². The number of imide groups is 1. The summed E-state index contributed by atoms with van der Waals surface area (Å²) in [6.07, 6.45) is 0.956. The molecule has 2 amide bonds. The number of carbonyl (C=O) groups is 2. The summed E-state index contributed by atoms with van der Waals surface area (Å²) in [7, 11) is 0. The van der Waals surface area contributed by atoms with Crippen LogP contribution in [0.15, 0.2) is 53.2 Å². The van der Waals surface area contributed by atoms with E-state index in [4.69, 9.17) is 0 Å². The Balaban J connectivity index is 1.49. The Morgan fingerprint density at radius 2 is 1.69 bits per heavy atom. The van der Waals surface area contributed by atoms with Gasteiger partial charge in [0.05, 0.1) is 23.8 Å². The zero-order valence-corrected chi connectivity index (χ0v) is 15.6. The van der Waals surface area contributed by atoms with Crippen LogP contribution in [0.1, 0.15) is 42.1 Å². The van der Waals surface area contributed by atoms with Gasteiger partial charge in [0, 0.05) is 16.3 Å². The number of hydrogen-bond donors (Lipinski definition) is 0.